The van der Waals surface area contributed by atoms with Crippen molar-refractivity contribution in [3.63, 3.8) is 0 Å². The summed E-state index contributed by atoms with van der Waals surface area (Å²) < 4.78 is 11.4. The van der Waals surface area contributed by atoms with E-state index in [4.69, 9.17) is 9.47 Å². The topological polar surface area (TPSA) is 63.4 Å². The normalized spacial score (nSPS) is 12.5. The minimum Gasteiger partial charge on any atom is -0.454 e. The van der Waals surface area contributed by atoms with Crippen LogP contribution in [0.25, 0.3) is 0 Å². The minimum absolute atomic E-state index is 0.150. The quantitative estimate of drug-likeness (QED) is 0.912. The lowest BCUT2D eigenvalue weighted by molar-refractivity contribution is 0.0946. The summed E-state index contributed by atoms with van der Waals surface area (Å²) in [5, 5.41) is 2.83. The van der Waals surface area contributed by atoms with Crippen molar-refractivity contribution in [1.82, 2.24) is 10.3 Å². The van der Waals surface area contributed by atoms with Gasteiger partial charge in [-0.1, -0.05) is 6.07 Å². The van der Waals surface area contributed by atoms with Crippen LogP contribution >= 0.6 is 15.9 Å². The molecule has 0 fully saturated rings. The van der Waals surface area contributed by atoms with Crippen molar-refractivity contribution >= 4 is 21.8 Å². The molecular weight excluding hydrogens is 312 g/mol. The average molecular weight is 323 g/mol. The van der Waals surface area contributed by atoms with Crippen LogP contribution in [0.3, 0.4) is 0 Å². The largest absolute Gasteiger partial charge is 0.454 e. The molecule has 0 saturated carbocycles. The molecule has 0 spiro atoms. The second-order valence-electron chi connectivity index (χ2n) is 4.10. The van der Waals surface area contributed by atoms with Gasteiger partial charge >= 0.3 is 0 Å². The lowest BCUT2D eigenvalue weighted by Crippen LogP contribution is -2.22. The molecule has 98 valence electrons. The van der Waals surface area contributed by atoms with E-state index in [1.165, 1.54) is 0 Å². The second-order valence-corrected chi connectivity index (χ2v) is 5.02. The number of halogens is 1. The van der Waals surface area contributed by atoms with E-state index in [1.807, 2.05) is 18.2 Å². The Morgan fingerprint density at radius 3 is 2.95 bits per heavy atom. The number of nitrogens with one attached hydrogen (secondary N) is 2. The van der Waals surface area contributed by atoms with Crippen LogP contribution in [0.1, 0.15) is 16.1 Å². The summed E-state index contributed by atoms with van der Waals surface area (Å²) in [6, 6.07) is 7.34. The van der Waals surface area contributed by atoms with Crippen molar-refractivity contribution in [2.75, 3.05) is 6.79 Å². The van der Waals surface area contributed by atoms with Gasteiger partial charge < -0.3 is 19.8 Å². The Balaban J connectivity index is 1.64. The Bertz CT molecular complexity index is 624. The van der Waals surface area contributed by atoms with E-state index in [0.717, 1.165) is 21.5 Å². The Hall–Kier alpha value is -1.95. The van der Waals surface area contributed by atoms with Crippen LogP contribution in [0.4, 0.5) is 0 Å². The molecule has 2 heterocycles. The Morgan fingerprint density at radius 1 is 1.32 bits per heavy atom. The highest BCUT2D eigenvalue weighted by Gasteiger charge is 2.13. The number of carbonyl (C=O) groups is 1. The number of hydrogen-bond donors (Lipinski definition) is 2. The number of benzene rings is 1. The third-order valence-electron chi connectivity index (χ3n) is 2.78. The van der Waals surface area contributed by atoms with Gasteiger partial charge in [0.05, 0.1) is 0 Å². The first-order valence-electron chi connectivity index (χ1n) is 5.73. The number of aromatic nitrogens is 1. The fourth-order valence-corrected chi connectivity index (χ4v) is 2.17. The van der Waals surface area contributed by atoms with Gasteiger partial charge in [0.15, 0.2) is 11.5 Å². The van der Waals surface area contributed by atoms with Gasteiger partial charge in [-0.05, 0) is 39.7 Å². The predicted octanol–water partition coefficient (Wildman–Crippen LogP) is 2.44. The fraction of sp³-hybridized carbons (Fsp3) is 0.154. The number of amides is 1. The first-order valence-corrected chi connectivity index (χ1v) is 6.52. The summed E-state index contributed by atoms with van der Waals surface area (Å²) in [5.41, 5.74) is 1.48. The summed E-state index contributed by atoms with van der Waals surface area (Å²) in [5.74, 6) is 1.31. The second kappa shape index (κ2) is 4.97. The van der Waals surface area contributed by atoms with Gasteiger partial charge in [-0.15, -0.1) is 0 Å². The number of ether oxygens (including phenoxy) is 2. The molecule has 0 saturated heterocycles. The molecule has 1 aromatic carbocycles. The average Bonchev–Trinajstić information content (AvgIpc) is 3.03. The number of rotatable bonds is 3. The van der Waals surface area contributed by atoms with Gasteiger partial charge in [-0.2, -0.15) is 0 Å². The first-order chi connectivity index (χ1) is 9.22. The van der Waals surface area contributed by atoms with E-state index in [2.05, 4.69) is 26.2 Å². The van der Waals surface area contributed by atoms with Gasteiger partial charge in [0.25, 0.3) is 5.91 Å². The van der Waals surface area contributed by atoms with E-state index in [-0.39, 0.29) is 12.7 Å². The van der Waals surface area contributed by atoms with Gasteiger partial charge in [-0.25, -0.2) is 0 Å². The minimum atomic E-state index is -0.150. The molecule has 0 unspecified atom stereocenters. The summed E-state index contributed by atoms with van der Waals surface area (Å²) in [6.45, 7) is 0.688. The molecule has 2 N–H and O–H groups in total. The molecule has 0 aliphatic carbocycles. The number of fused-ring (bicyclic) bond motifs is 1. The molecule has 0 atom stereocenters. The van der Waals surface area contributed by atoms with Crippen molar-refractivity contribution in [1.29, 1.82) is 0 Å². The lowest BCUT2D eigenvalue weighted by Gasteiger charge is -2.05. The van der Waals surface area contributed by atoms with Gasteiger partial charge in [0.1, 0.15) is 5.69 Å². The third-order valence-corrected chi connectivity index (χ3v) is 3.24. The van der Waals surface area contributed by atoms with Crippen molar-refractivity contribution in [3.8, 4) is 11.5 Å². The van der Waals surface area contributed by atoms with Crippen LogP contribution in [0.2, 0.25) is 0 Å². The molecule has 1 aliphatic rings. The van der Waals surface area contributed by atoms with Crippen LogP contribution in [0.15, 0.2) is 34.9 Å². The van der Waals surface area contributed by atoms with E-state index in [9.17, 15) is 4.79 Å². The van der Waals surface area contributed by atoms with Crippen molar-refractivity contribution < 1.29 is 14.3 Å². The van der Waals surface area contributed by atoms with Crippen molar-refractivity contribution in [2.45, 2.75) is 6.54 Å². The van der Waals surface area contributed by atoms with E-state index >= 15 is 0 Å². The number of carbonyl (C=O) groups excluding carboxylic acids is 1. The van der Waals surface area contributed by atoms with Gasteiger partial charge in [-0.3, -0.25) is 4.79 Å². The van der Waals surface area contributed by atoms with E-state index in [0.29, 0.717) is 12.2 Å². The fourth-order valence-electron chi connectivity index (χ4n) is 1.83. The van der Waals surface area contributed by atoms with Crippen molar-refractivity contribution in [3.05, 3.63) is 46.2 Å². The number of aromatic amines is 1. The van der Waals surface area contributed by atoms with Gasteiger partial charge in [0, 0.05) is 17.2 Å². The number of hydrogen-bond acceptors (Lipinski definition) is 3. The van der Waals surface area contributed by atoms with Crippen LogP contribution in [-0.4, -0.2) is 17.7 Å². The maximum Gasteiger partial charge on any atom is 0.267 e. The summed E-state index contributed by atoms with van der Waals surface area (Å²) in [4.78, 5) is 14.7. The standard InChI is InChI=1S/C13H11BrN2O3/c14-9-4-10(15-6-9)13(17)16-5-8-1-2-11-12(3-8)19-7-18-11/h1-4,6,15H,5,7H2,(H,16,17). The monoisotopic (exact) mass is 322 g/mol. The molecule has 19 heavy (non-hydrogen) atoms. The lowest BCUT2D eigenvalue weighted by atomic mass is 10.2. The van der Waals surface area contributed by atoms with Crippen LogP contribution in [-0.2, 0) is 6.54 Å². The summed E-state index contributed by atoms with van der Waals surface area (Å²) in [7, 11) is 0. The Kier molecular flexibility index (Phi) is 3.16. The van der Waals surface area contributed by atoms with Gasteiger partial charge in [0.2, 0.25) is 6.79 Å². The zero-order valence-corrected chi connectivity index (χ0v) is 11.5. The number of H-pyrrole nitrogens is 1. The molecule has 0 bridgehead atoms. The maximum absolute atomic E-state index is 11.8. The molecule has 1 aliphatic heterocycles. The Labute approximate surface area is 118 Å². The zero-order chi connectivity index (χ0) is 13.2. The highest BCUT2D eigenvalue weighted by atomic mass is 79.9. The molecule has 6 heteroatoms. The highest BCUT2D eigenvalue weighted by molar-refractivity contribution is 9.10. The molecular formula is C13H11BrN2O3. The smallest absolute Gasteiger partial charge is 0.267 e. The first kappa shape index (κ1) is 12.1. The summed E-state index contributed by atoms with van der Waals surface area (Å²) >= 11 is 3.29. The zero-order valence-electron chi connectivity index (χ0n) is 9.90. The molecule has 3 rings (SSSR count). The molecule has 1 amide bonds. The van der Waals surface area contributed by atoms with Crippen LogP contribution < -0.4 is 14.8 Å². The molecule has 2 aromatic rings. The molecule has 5 nitrogen and oxygen atoms in total. The molecule has 1 aromatic heterocycles. The highest BCUT2D eigenvalue weighted by Crippen LogP contribution is 2.32. The predicted molar refractivity (Wildman–Crippen MR) is 72.2 cm³/mol. The van der Waals surface area contributed by atoms with E-state index < -0.39 is 0 Å². The third kappa shape index (κ3) is 2.58. The molecule has 0 radical (unpaired) electrons. The SMILES string of the molecule is O=C(NCc1ccc2c(c1)OCO2)c1cc(Br)c[nH]1. The maximum atomic E-state index is 11.8. The Morgan fingerprint density at radius 2 is 2.16 bits per heavy atom. The van der Waals surface area contributed by atoms with Crippen LogP contribution in [0.5, 0.6) is 11.5 Å². The van der Waals surface area contributed by atoms with Crippen LogP contribution in [0, 0.1) is 0 Å². The van der Waals surface area contributed by atoms with Crippen molar-refractivity contribution in [2.24, 2.45) is 0 Å². The van der Waals surface area contributed by atoms with E-state index in [1.54, 1.807) is 12.3 Å². The summed E-state index contributed by atoms with van der Waals surface area (Å²) in [6.07, 6.45) is 1.72.